The number of hydrogen-bond acceptors (Lipinski definition) is 4. The van der Waals surface area contributed by atoms with Crippen LogP contribution in [0.2, 0.25) is 0 Å². The Bertz CT molecular complexity index is 393. The molecule has 0 aromatic heterocycles. The molecule has 5 heteroatoms. The van der Waals surface area contributed by atoms with Crippen LogP contribution < -0.4 is 5.46 Å². The molecule has 0 aliphatic carbocycles. The van der Waals surface area contributed by atoms with Gasteiger partial charge in [-0.1, -0.05) is 31.2 Å². The summed E-state index contributed by atoms with van der Waals surface area (Å²) in [6.45, 7) is 8.75. The number of piperazine rings is 1. The zero-order valence-corrected chi connectivity index (χ0v) is 11.6. The molecule has 2 N–H and O–H groups in total. The molecule has 2 rings (SSSR count). The van der Waals surface area contributed by atoms with Gasteiger partial charge in [-0.25, -0.2) is 0 Å². The van der Waals surface area contributed by atoms with Crippen molar-refractivity contribution in [1.82, 2.24) is 9.80 Å². The van der Waals surface area contributed by atoms with Gasteiger partial charge in [0.1, 0.15) is 0 Å². The molecule has 1 fully saturated rings. The van der Waals surface area contributed by atoms with Crippen LogP contribution in [0.25, 0.3) is 0 Å². The van der Waals surface area contributed by atoms with E-state index < -0.39 is 7.12 Å². The minimum Gasteiger partial charge on any atom is -0.423 e. The van der Waals surface area contributed by atoms with Crippen molar-refractivity contribution in [3.8, 4) is 0 Å². The average molecular weight is 262 g/mol. The molecule has 1 aromatic carbocycles. The van der Waals surface area contributed by atoms with Crippen molar-refractivity contribution < 1.29 is 10.0 Å². The van der Waals surface area contributed by atoms with E-state index in [-0.39, 0.29) is 0 Å². The predicted octanol–water partition coefficient (Wildman–Crippen LogP) is -0.106. The van der Waals surface area contributed by atoms with E-state index in [4.69, 9.17) is 0 Å². The first-order chi connectivity index (χ1) is 9.19. The summed E-state index contributed by atoms with van der Waals surface area (Å²) in [5.74, 6) is 0. The second kappa shape index (κ2) is 7.05. The fourth-order valence-electron chi connectivity index (χ4n) is 2.60. The highest BCUT2D eigenvalue weighted by molar-refractivity contribution is 6.58. The van der Waals surface area contributed by atoms with E-state index in [0.717, 1.165) is 38.3 Å². The molecule has 0 unspecified atom stereocenters. The lowest BCUT2D eigenvalue weighted by Gasteiger charge is -2.34. The Labute approximate surface area is 115 Å². The highest BCUT2D eigenvalue weighted by Crippen LogP contribution is 2.08. The number of hydrogen-bond donors (Lipinski definition) is 2. The summed E-state index contributed by atoms with van der Waals surface area (Å²) in [6, 6.07) is 7.55. The van der Waals surface area contributed by atoms with E-state index in [0.29, 0.717) is 5.46 Å². The molecule has 19 heavy (non-hydrogen) atoms. The van der Waals surface area contributed by atoms with Gasteiger partial charge in [0.05, 0.1) is 0 Å². The Morgan fingerprint density at radius 1 is 1.11 bits per heavy atom. The van der Waals surface area contributed by atoms with E-state index >= 15 is 0 Å². The van der Waals surface area contributed by atoms with Crippen molar-refractivity contribution in [1.29, 1.82) is 0 Å². The molecule has 1 saturated heterocycles. The molecule has 1 aliphatic rings. The number of rotatable bonds is 5. The molecule has 0 atom stereocenters. The summed E-state index contributed by atoms with van der Waals surface area (Å²) in [5.41, 5.74) is 1.72. The lowest BCUT2D eigenvalue weighted by atomic mass is 9.79. The SMILES string of the molecule is CCCN1CCN(Cc2cccc(B(O)O)c2)CC1. The van der Waals surface area contributed by atoms with Crippen LogP contribution in [0.1, 0.15) is 18.9 Å². The standard InChI is InChI=1S/C14H23BN2O2/c1-2-6-16-7-9-17(10-8-16)12-13-4-3-5-14(11-13)15(18)19/h3-5,11,18-19H,2,6-10,12H2,1H3. The van der Waals surface area contributed by atoms with Crippen molar-refractivity contribution in [2.45, 2.75) is 19.9 Å². The van der Waals surface area contributed by atoms with Gasteiger partial charge in [0.15, 0.2) is 0 Å². The van der Waals surface area contributed by atoms with Crippen LogP contribution in [0, 0.1) is 0 Å². The van der Waals surface area contributed by atoms with Gasteiger partial charge >= 0.3 is 7.12 Å². The van der Waals surface area contributed by atoms with Crippen LogP contribution in [0.4, 0.5) is 0 Å². The Morgan fingerprint density at radius 3 is 2.42 bits per heavy atom. The molecule has 0 bridgehead atoms. The van der Waals surface area contributed by atoms with Crippen LogP contribution in [0.3, 0.4) is 0 Å². The summed E-state index contributed by atoms with van der Waals surface area (Å²) in [7, 11) is -1.37. The van der Waals surface area contributed by atoms with Crippen LogP contribution in [0.15, 0.2) is 24.3 Å². The molecule has 1 aliphatic heterocycles. The van der Waals surface area contributed by atoms with Gasteiger partial charge in [0.25, 0.3) is 0 Å². The monoisotopic (exact) mass is 262 g/mol. The summed E-state index contributed by atoms with van der Waals surface area (Å²) in [6.07, 6.45) is 1.22. The Kier molecular flexibility index (Phi) is 5.40. The Hall–Kier alpha value is -0.875. The molecular formula is C14H23BN2O2. The molecule has 0 spiro atoms. The average Bonchev–Trinajstić information content (AvgIpc) is 2.42. The van der Waals surface area contributed by atoms with E-state index in [2.05, 4.69) is 16.7 Å². The third-order valence-electron chi connectivity index (χ3n) is 3.66. The third kappa shape index (κ3) is 4.32. The van der Waals surface area contributed by atoms with Gasteiger partial charge in [-0.05, 0) is 24.0 Å². The second-order valence-electron chi connectivity index (χ2n) is 5.24. The van der Waals surface area contributed by atoms with Gasteiger partial charge in [0.2, 0.25) is 0 Å². The first-order valence-corrected chi connectivity index (χ1v) is 7.08. The summed E-state index contributed by atoms with van der Waals surface area (Å²) >= 11 is 0. The zero-order valence-electron chi connectivity index (χ0n) is 11.6. The van der Waals surface area contributed by atoms with Gasteiger partial charge in [-0.3, -0.25) is 4.90 Å². The second-order valence-corrected chi connectivity index (χ2v) is 5.24. The Balaban J connectivity index is 1.87. The van der Waals surface area contributed by atoms with E-state index in [1.807, 2.05) is 18.2 Å². The number of nitrogens with zero attached hydrogens (tertiary/aromatic N) is 2. The normalized spacial score (nSPS) is 17.6. The fourth-order valence-corrected chi connectivity index (χ4v) is 2.60. The maximum Gasteiger partial charge on any atom is 0.488 e. The van der Waals surface area contributed by atoms with E-state index in [1.165, 1.54) is 13.0 Å². The predicted molar refractivity (Wildman–Crippen MR) is 78.3 cm³/mol. The summed E-state index contributed by atoms with van der Waals surface area (Å²) < 4.78 is 0. The molecule has 104 valence electrons. The van der Waals surface area contributed by atoms with Crippen LogP contribution in [0.5, 0.6) is 0 Å². The minimum absolute atomic E-state index is 0.571. The third-order valence-corrected chi connectivity index (χ3v) is 3.66. The van der Waals surface area contributed by atoms with E-state index in [1.54, 1.807) is 6.07 Å². The topological polar surface area (TPSA) is 46.9 Å². The van der Waals surface area contributed by atoms with Crippen molar-refractivity contribution in [3.63, 3.8) is 0 Å². The highest BCUT2D eigenvalue weighted by Gasteiger charge is 2.17. The Morgan fingerprint density at radius 2 is 1.79 bits per heavy atom. The van der Waals surface area contributed by atoms with Crippen LogP contribution in [-0.4, -0.2) is 59.7 Å². The highest BCUT2D eigenvalue weighted by atomic mass is 16.4. The van der Waals surface area contributed by atoms with Crippen molar-refractivity contribution in [3.05, 3.63) is 29.8 Å². The molecule has 4 nitrogen and oxygen atoms in total. The first kappa shape index (κ1) is 14.5. The van der Waals surface area contributed by atoms with Gasteiger partial charge < -0.3 is 14.9 Å². The largest absolute Gasteiger partial charge is 0.488 e. The fraction of sp³-hybridized carbons (Fsp3) is 0.571. The van der Waals surface area contributed by atoms with Gasteiger partial charge in [0, 0.05) is 32.7 Å². The quantitative estimate of drug-likeness (QED) is 0.727. The van der Waals surface area contributed by atoms with Crippen LogP contribution >= 0.6 is 0 Å². The molecule has 0 amide bonds. The summed E-state index contributed by atoms with van der Waals surface area (Å²) in [5, 5.41) is 18.4. The van der Waals surface area contributed by atoms with Crippen molar-refractivity contribution in [2.75, 3.05) is 32.7 Å². The van der Waals surface area contributed by atoms with Crippen LogP contribution in [-0.2, 0) is 6.54 Å². The molecule has 0 radical (unpaired) electrons. The number of benzene rings is 1. The van der Waals surface area contributed by atoms with E-state index in [9.17, 15) is 10.0 Å². The summed E-state index contributed by atoms with van der Waals surface area (Å²) in [4.78, 5) is 4.93. The lowest BCUT2D eigenvalue weighted by Crippen LogP contribution is -2.46. The smallest absolute Gasteiger partial charge is 0.423 e. The van der Waals surface area contributed by atoms with Gasteiger partial charge in [-0.2, -0.15) is 0 Å². The minimum atomic E-state index is -1.37. The van der Waals surface area contributed by atoms with Gasteiger partial charge in [-0.15, -0.1) is 0 Å². The maximum absolute atomic E-state index is 9.18. The zero-order chi connectivity index (χ0) is 13.7. The molecule has 1 aromatic rings. The van der Waals surface area contributed by atoms with Crippen molar-refractivity contribution in [2.24, 2.45) is 0 Å². The van der Waals surface area contributed by atoms with Crippen molar-refractivity contribution >= 4 is 12.6 Å². The molecule has 1 heterocycles. The molecule has 0 saturated carbocycles. The maximum atomic E-state index is 9.18. The molecular weight excluding hydrogens is 239 g/mol. The first-order valence-electron chi connectivity index (χ1n) is 7.08. The lowest BCUT2D eigenvalue weighted by molar-refractivity contribution is 0.127.